The van der Waals surface area contributed by atoms with E-state index in [0.717, 1.165) is 0 Å². The Kier molecular flexibility index (Phi) is 5.74. The highest BCUT2D eigenvalue weighted by molar-refractivity contribution is 6.03. The molecule has 142 valence electrons. The molecule has 0 spiro atoms. The Balaban J connectivity index is 1.65. The maximum Gasteiger partial charge on any atom is 0.354 e. The van der Waals surface area contributed by atoms with Gasteiger partial charge >= 0.3 is 5.97 Å². The van der Waals surface area contributed by atoms with Crippen LogP contribution in [0.15, 0.2) is 24.5 Å². The van der Waals surface area contributed by atoms with Gasteiger partial charge in [-0.2, -0.15) is 0 Å². The lowest BCUT2D eigenvalue weighted by Crippen LogP contribution is -2.12. The van der Waals surface area contributed by atoms with Crippen molar-refractivity contribution in [3.05, 3.63) is 35.9 Å². The fourth-order valence-electron chi connectivity index (χ4n) is 2.34. The Morgan fingerprint density at radius 3 is 2.96 bits per heavy atom. The average molecular weight is 374 g/mol. The van der Waals surface area contributed by atoms with Crippen molar-refractivity contribution in [2.45, 2.75) is 6.54 Å². The number of hydrogen-bond donors (Lipinski definition) is 3. The van der Waals surface area contributed by atoms with Crippen molar-refractivity contribution in [3.63, 3.8) is 0 Å². The second-order valence-corrected chi connectivity index (χ2v) is 5.49. The SMILES string of the molecule is COC(=O)c1cc2cc(NC(=O)c3cn(CCOCCO)nn3)cnc2[nH]1. The number of rotatable bonds is 8. The number of nitrogens with zero attached hydrogens (tertiary/aromatic N) is 4. The van der Waals surface area contributed by atoms with E-state index in [4.69, 9.17) is 9.84 Å². The monoisotopic (exact) mass is 374 g/mol. The van der Waals surface area contributed by atoms with E-state index in [2.05, 4.69) is 30.3 Å². The van der Waals surface area contributed by atoms with Gasteiger partial charge in [0.2, 0.25) is 0 Å². The lowest BCUT2D eigenvalue weighted by molar-refractivity contribution is 0.0595. The second kappa shape index (κ2) is 8.38. The van der Waals surface area contributed by atoms with Crippen LogP contribution in [-0.4, -0.2) is 68.9 Å². The largest absolute Gasteiger partial charge is 0.464 e. The Bertz CT molecular complexity index is 950. The first-order chi connectivity index (χ1) is 13.1. The lowest BCUT2D eigenvalue weighted by atomic mass is 10.3. The molecule has 3 heterocycles. The molecule has 11 nitrogen and oxygen atoms in total. The van der Waals surface area contributed by atoms with Crippen molar-refractivity contribution in [1.29, 1.82) is 0 Å². The molecular weight excluding hydrogens is 356 g/mol. The fraction of sp³-hybridized carbons (Fsp3) is 0.312. The van der Waals surface area contributed by atoms with Gasteiger partial charge in [0.1, 0.15) is 11.3 Å². The highest BCUT2D eigenvalue weighted by atomic mass is 16.5. The van der Waals surface area contributed by atoms with E-state index in [1.807, 2.05) is 0 Å². The van der Waals surface area contributed by atoms with Crippen molar-refractivity contribution in [2.75, 3.05) is 32.2 Å². The quantitative estimate of drug-likeness (QED) is 0.375. The molecule has 0 aliphatic heterocycles. The van der Waals surface area contributed by atoms with Crippen LogP contribution in [0.2, 0.25) is 0 Å². The second-order valence-electron chi connectivity index (χ2n) is 5.49. The summed E-state index contributed by atoms with van der Waals surface area (Å²) >= 11 is 0. The summed E-state index contributed by atoms with van der Waals surface area (Å²) in [4.78, 5) is 30.9. The van der Waals surface area contributed by atoms with Gasteiger partial charge < -0.3 is 24.9 Å². The predicted molar refractivity (Wildman–Crippen MR) is 93.3 cm³/mol. The predicted octanol–water partition coefficient (Wildman–Crippen LogP) is 0.202. The first kappa shape index (κ1) is 18.5. The Morgan fingerprint density at radius 2 is 2.19 bits per heavy atom. The van der Waals surface area contributed by atoms with E-state index >= 15 is 0 Å². The summed E-state index contributed by atoms with van der Waals surface area (Å²) in [5.41, 5.74) is 1.36. The molecule has 3 aromatic rings. The molecule has 0 bridgehead atoms. The topological polar surface area (TPSA) is 144 Å². The maximum absolute atomic E-state index is 12.3. The number of aromatic amines is 1. The lowest BCUT2D eigenvalue weighted by Gasteiger charge is -2.02. The van der Waals surface area contributed by atoms with Gasteiger partial charge in [0.15, 0.2) is 5.69 Å². The molecule has 3 N–H and O–H groups in total. The van der Waals surface area contributed by atoms with E-state index in [-0.39, 0.29) is 24.6 Å². The van der Waals surface area contributed by atoms with Gasteiger partial charge in [-0.3, -0.25) is 4.79 Å². The molecule has 3 rings (SSSR count). The molecular formula is C16H18N6O5. The number of fused-ring (bicyclic) bond motifs is 1. The van der Waals surface area contributed by atoms with Gasteiger partial charge in [-0.15, -0.1) is 5.10 Å². The molecule has 0 fully saturated rings. The van der Waals surface area contributed by atoms with Gasteiger partial charge in [0.25, 0.3) is 5.91 Å². The van der Waals surface area contributed by atoms with Crippen LogP contribution in [0.25, 0.3) is 11.0 Å². The van der Waals surface area contributed by atoms with Crippen molar-refractivity contribution < 1.29 is 24.2 Å². The molecule has 27 heavy (non-hydrogen) atoms. The standard InChI is InChI=1S/C16H18N6O5/c1-26-16(25)12-7-10-6-11(8-17-14(10)19-12)18-15(24)13-9-22(21-20-13)2-4-27-5-3-23/h6-9,23H,2-5H2,1H3,(H,17,19)(H,18,24). The number of pyridine rings is 1. The molecule has 0 aliphatic carbocycles. The number of carbonyl (C=O) groups is 2. The number of anilines is 1. The third-order valence-electron chi connectivity index (χ3n) is 3.60. The first-order valence-electron chi connectivity index (χ1n) is 8.08. The van der Waals surface area contributed by atoms with Crippen LogP contribution < -0.4 is 5.32 Å². The van der Waals surface area contributed by atoms with E-state index in [9.17, 15) is 9.59 Å². The number of ether oxygens (including phenoxy) is 2. The third kappa shape index (κ3) is 4.46. The molecule has 0 saturated carbocycles. The van der Waals surface area contributed by atoms with E-state index in [1.165, 1.54) is 24.2 Å². The maximum atomic E-state index is 12.3. The molecule has 0 radical (unpaired) electrons. The number of amides is 1. The smallest absolute Gasteiger partial charge is 0.354 e. The van der Waals surface area contributed by atoms with Gasteiger partial charge in [0, 0.05) is 5.39 Å². The number of hydrogen-bond acceptors (Lipinski definition) is 8. The summed E-state index contributed by atoms with van der Waals surface area (Å²) in [6, 6.07) is 3.27. The van der Waals surface area contributed by atoms with Crippen LogP contribution in [0.1, 0.15) is 21.0 Å². The molecule has 0 unspecified atom stereocenters. The fourth-order valence-corrected chi connectivity index (χ4v) is 2.34. The molecule has 0 saturated heterocycles. The molecule has 0 aliphatic rings. The zero-order valence-corrected chi connectivity index (χ0v) is 14.5. The van der Waals surface area contributed by atoms with E-state index in [0.29, 0.717) is 29.9 Å². The summed E-state index contributed by atoms with van der Waals surface area (Å²) in [5.74, 6) is -0.944. The highest BCUT2D eigenvalue weighted by Gasteiger charge is 2.14. The van der Waals surface area contributed by atoms with Crippen LogP contribution in [0.5, 0.6) is 0 Å². The van der Waals surface area contributed by atoms with Gasteiger partial charge in [-0.25, -0.2) is 14.5 Å². The van der Waals surface area contributed by atoms with Crippen LogP contribution in [0, 0.1) is 0 Å². The summed E-state index contributed by atoms with van der Waals surface area (Å²) in [7, 11) is 1.29. The van der Waals surface area contributed by atoms with Crippen molar-refractivity contribution in [1.82, 2.24) is 25.0 Å². The average Bonchev–Trinajstić information content (AvgIpc) is 3.31. The summed E-state index contributed by atoms with van der Waals surface area (Å²) in [6.07, 6.45) is 2.96. The van der Waals surface area contributed by atoms with Gasteiger partial charge in [-0.1, -0.05) is 5.21 Å². The Hall–Kier alpha value is -3.31. The summed E-state index contributed by atoms with van der Waals surface area (Å²) < 4.78 is 11.3. The van der Waals surface area contributed by atoms with Crippen LogP contribution in [-0.2, 0) is 16.0 Å². The zero-order chi connectivity index (χ0) is 19.2. The van der Waals surface area contributed by atoms with Gasteiger partial charge in [-0.05, 0) is 12.1 Å². The summed E-state index contributed by atoms with van der Waals surface area (Å²) in [6.45, 7) is 0.953. The number of aliphatic hydroxyl groups is 1. The summed E-state index contributed by atoms with van der Waals surface area (Å²) in [5, 5.41) is 19.6. The molecule has 1 amide bonds. The number of methoxy groups -OCH3 is 1. The molecule has 0 atom stereocenters. The number of esters is 1. The highest BCUT2D eigenvalue weighted by Crippen LogP contribution is 2.18. The van der Waals surface area contributed by atoms with Crippen molar-refractivity contribution in [3.8, 4) is 0 Å². The van der Waals surface area contributed by atoms with Crippen LogP contribution in [0.4, 0.5) is 5.69 Å². The minimum absolute atomic E-state index is 0.0499. The first-order valence-corrected chi connectivity index (χ1v) is 8.08. The zero-order valence-electron chi connectivity index (χ0n) is 14.5. The number of aliphatic hydroxyl groups excluding tert-OH is 1. The van der Waals surface area contributed by atoms with Crippen LogP contribution >= 0.6 is 0 Å². The number of nitrogens with one attached hydrogen (secondary N) is 2. The Morgan fingerprint density at radius 1 is 1.33 bits per heavy atom. The van der Waals surface area contributed by atoms with E-state index < -0.39 is 11.9 Å². The van der Waals surface area contributed by atoms with Crippen molar-refractivity contribution in [2.24, 2.45) is 0 Å². The molecule has 3 aromatic heterocycles. The van der Waals surface area contributed by atoms with Gasteiger partial charge in [0.05, 0.1) is 51.6 Å². The normalized spacial score (nSPS) is 10.9. The number of aromatic nitrogens is 5. The van der Waals surface area contributed by atoms with Crippen LogP contribution in [0.3, 0.4) is 0 Å². The molecule has 11 heteroatoms. The van der Waals surface area contributed by atoms with E-state index in [1.54, 1.807) is 12.1 Å². The van der Waals surface area contributed by atoms with Crippen molar-refractivity contribution >= 4 is 28.6 Å². The minimum Gasteiger partial charge on any atom is -0.464 e. The molecule has 0 aromatic carbocycles. The number of carbonyl (C=O) groups excluding carboxylic acids is 2. The Labute approximate surface area is 153 Å². The minimum atomic E-state index is -0.502. The number of H-pyrrole nitrogens is 1. The third-order valence-corrected chi connectivity index (χ3v) is 3.60.